The fourth-order valence-corrected chi connectivity index (χ4v) is 0.464. The average Bonchev–Trinajstić information content (AvgIpc) is 2.67. The predicted octanol–water partition coefficient (Wildman–Crippen LogP) is 0.409. The van der Waals surface area contributed by atoms with Crippen molar-refractivity contribution >= 4 is 0 Å². The van der Waals surface area contributed by atoms with Crippen molar-refractivity contribution in [3.63, 3.8) is 0 Å². The van der Waals surface area contributed by atoms with Crippen LogP contribution in [0.2, 0.25) is 0 Å². The molecule has 0 amide bonds. The first kappa shape index (κ1) is 7.09. The van der Waals surface area contributed by atoms with Crippen LogP contribution >= 0.6 is 0 Å². The molecule has 0 atom stereocenters. The highest BCUT2D eigenvalue weighted by molar-refractivity contribution is 5.18. The second kappa shape index (κ2) is 1.73. The van der Waals surface area contributed by atoms with Crippen molar-refractivity contribution in [2.75, 3.05) is 6.61 Å². The van der Waals surface area contributed by atoms with Gasteiger partial charge in [0.1, 0.15) is 0 Å². The van der Waals surface area contributed by atoms with Crippen LogP contribution in [0.15, 0.2) is 10.2 Å². The number of aliphatic hydroxyl groups is 1. The van der Waals surface area contributed by atoms with Crippen LogP contribution in [0.1, 0.15) is 0 Å². The van der Waals surface area contributed by atoms with E-state index in [1.54, 1.807) is 0 Å². The normalized spacial score (nSPS) is 20.2. The number of rotatable bonds is 2. The molecule has 0 aliphatic carbocycles. The van der Waals surface area contributed by atoms with Crippen LogP contribution in [0.5, 0.6) is 0 Å². The van der Waals surface area contributed by atoms with Crippen molar-refractivity contribution in [1.29, 1.82) is 0 Å². The summed E-state index contributed by atoms with van der Waals surface area (Å²) in [4.78, 5) is 0. The summed E-state index contributed by atoms with van der Waals surface area (Å²) in [7, 11) is 0. The summed E-state index contributed by atoms with van der Waals surface area (Å²) in [6, 6.07) is 0. The van der Waals surface area contributed by atoms with Crippen molar-refractivity contribution in [3.8, 4) is 12.3 Å². The molecule has 0 aromatic rings. The highest BCUT2D eigenvalue weighted by Gasteiger charge is 2.61. The maximum atomic E-state index is 12.4. The highest BCUT2D eigenvalue weighted by Crippen LogP contribution is 2.41. The molecule has 54 valence electrons. The third-order valence-electron chi connectivity index (χ3n) is 1.25. The van der Waals surface area contributed by atoms with Gasteiger partial charge in [-0.2, -0.15) is 8.78 Å². The van der Waals surface area contributed by atoms with Gasteiger partial charge in [-0.15, -0.1) is 16.7 Å². The lowest BCUT2D eigenvalue weighted by molar-refractivity contribution is -0.00659. The van der Waals surface area contributed by atoms with Gasteiger partial charge in [-0.25, -0.2) is 0 Å². The second-order valence-corrected chi connectivity index (χ2v) is 1.89. The zero-order chi connectivity index (χ0) is 7.83. The minimum atomic E-state index is -3.46. The Labute approximate surface area is 55.8 Å². The lowest BCUT2D eigenvalue weighted by Gasteiger charge is -2.13. The summed E-state index contributed by atoms with van der Waals surface area (Å²) >= 11 is 0. The molecule has 1 aliphatic heterocycles. The fourth-order valence-electron chi connectivity index (χ4n) is 0.464. The van der Waals surface area contributed by atoms with Gasteiger partial charge in [0.25, 0.3) is 5.66 Å². The number of halogens is 2. The van der Waals surface area contributed by atoms with Gasteiger partial charge < -0.3 is 5.11 Å². The van der Waals surface area contributed by atoms with Crippen molar-refractivity contribution in [1.82, 2.24) is 0 Å². The molecular formula is C5H4F2N2O. The molecule has 0 saturated carbocycles. The Bertz CT molecular complexity index is 212. The van der Waals surface area contributed by atoms with Crippen molar-refractivity contribution in [3.05, 3.63) is 0 Å². The molecule has 3 nitrogen and oxygen atoms in total. The summed E-state index contributed by atoms with van der Waals surface area (Å²) in [6.07, 6.45) is 4.48. The summed E-state index contributed by atoms with van der Waals surface area (Å²) in [5.74, 6) is -2.24. The van der Waals surface area contributed by atoms with Gasteiger partial charge in [0, 0.05) is 0 Å². The minimum Gasteiger partial charge on any atom is -0.391 e. The van der Waals surface area contributed by atoms with E-state index in [4.69, 9.17) is 5.11 Å². The Morgan fingerprint density at radius 2 is 2.10 bits per heavy atom. The molecule has 0 fully saturated rings. The largest absolute Gasteiger partial charge is 0.391 e. The van der Waals surface area contributed by atoms with E-state index in [1.165, 1.54) is 5.92 Å². The standard InChI is InChI=1S/C5H4F2N2O/c1-2-4(6,7)5(3-10)8-9-5/h1,10H,3H2. The first-order valence-electron chi connectivity index (χ1n) is 2.48. The highest BCUT2D eigenvalue weighted by atomic mass is 19.3. The maximum absolute atomic E-state index is 12.4. The molecular weight excluding hydrogens is 142 g/mol. The van der Waals surface area contributed by atoms with E-state index < -0.39 is 18.2 Å². The van der Waals surface area contributed by atoms with Gasteiger partial charge in [0.05, 0.1) is 6.61 Å². The van der Waals surface area contributed by atoms with Crippen LogP contribution in [0.3, 0.4) is 0 Å². The van der Waals surface area contributed by atoms with E-state index in [2.05, 4.69) is 16.7 Å². The SMILES string of the molecule is C#CC(F)(F)C1(CO)N=N1. The van der Waals surface area contributed by atoms with E-state index in [0.717, 1.165) is 0 Å². The topological polar surface area (TPSA) is 45.0 Å². The van der Waals surface area contributed by atoms with Gasteiger partial charge in [0.15, 0.2) is 0 Å². The first-order valence-corrected chi connectivity index (χ1v) is 2.48. The van der Waals surface area contributed by atoms with Crippen LogP contribution < -0.4 is 0 Å². The fraction of sp³-hybridized carbons (Fsp3) is 0.600. The second-order valence-electron chi connectivity index (χ2n) is 1.89. The first-order chi connectivity index (χ1) is 4.58. The zero-order valence-corrected chi connectivity index (χ0v) is 4.88. The smallest absolute Gasteiger partial charge is 0.358 e. The summed E-state index contributed by atoms with van der Waals surface area (Å²) in [5.41, 5.74) is -2.03. The molecule has 10 heavy (non-hydrogen) atoms. The Hall–Kier alpha value is -1.02. The van der Waals surface area contributed by atoms with E-state index in [0.29, 0.717) is 0 Å². The van der Waals surface area contributed by atoms with E-state index in [-0.39, 0.29) is 0 Å². The Kier molecular flexibility index (Phi) is 1.23. The van der Waals surface area contributed by atoms with Gasteiger partial charge in [0.2, 0.25) is 0 Å². The number of hydrogen-bond donors (Lipinski definition) is 1. The molecule has 1 N–H and O–H groups in total. The number of hydrogen-bond acceptors (Lipinski definition) is 3. The third kappa shape index (κ3) is 0.693. The van der Waals surface area contributed by atoms with Crippen LogP contribution in [-0.4, -0.2) is 23.3 Å². The van der Waals surface area contributed by atoms with Crippen LogP contribution in [-0.2, 0) is 0 Å². The molecule has 1 rings (SSSR count). The Balaban J connectivity index is 2.75. The molecule has 0 unspecified atom stereocenters. The summed E-state index contributed by atoms with van der Waals surface area (Å²) < 4.78 is 24.8. The molecule has 5 heteroatoms. The van der Waals surface area contributed by atoms with E-state index in [1.807, 2.05) is 0 Å². The van der Waals surface area contributed by atoms with Gasteiger partial charge in [-0.3, -0.25) is 0 Å². The average molecular weight is 146 g/mol. The molecule has 0 aromatic heterocycles. The lowest BCUT2D eigenvalue weighted by Crippen LogP contribution is -2.38. The van der Waals surface area contributed by atoms with Crippen LogP contribution in [0.25, 0.3) is 0 Å². The monoisotopic (exact) mass is 146 g/mol. The number of alkyl halides is 2. The van der Waals surface area contributed by atoms with E-state index in [9.17, 15) is 8.78 Å². The predicted molar refractivity (Wildman–Crippen MR) is 28.5 cm³/mol. The quantitative estimate of drug-likeness (QED) is 0.563. The van der Waals surface area contributed by atoms with Gasteiger partial charge >= 0.3 is 5.92 Å². The third-order valence-corrected chi connectivity index (χ3v) is 1.25. The molecule has 0 bridgehead atoms. The zero-order valence-electron chi connectivity index (χ0n) is 4.88. The number of nitrogens with zero attached hydrogens (tertiary/aromatic N) is 2. The molecule has 0 saturated heterocycles. The van der Waals surface area contributed by atoms with Crippen LogP contribution in [0, 0.1) is 12.3 Å². The molecule has 0 spiro atoms. The molecule has 1 heterocycles. The number of terminal acetylenes is 1. The van der Waals surface area contributed by atoms with Crippen molar-refractivity contribution in [2.45, 2.75) is 11.6 Å². The maximum Gasteiger partial charge on any atom is 0.358 e. The van der Waals surface area contributed by atoms with Crippen LogP contribution in [0.4, 0.5) is 8.78 Å². The molecule has 1 aliphatic rings. The summed E-state index contributed by atoms with van der Waals surface area (Å²) in [6.45, 7) is -0.843. The van der Waals surface area contributed by atoms with Gasteiger partial charge in [-0.05, 0) is 5.92 Å². The van der Waals surface area contributed by atoms with E-state index >= 15 is 0 Å². The molecule has 0 radical (unpaired) electrons. The number of aliphatic hydroxyl groups excluding tert-OH is 1. The lowest BCUT2D eigenvalue weighted by atomic mass is 10.1. The Morgan fingerprint density at radius 3 is 2.20 bits per heavy atom. The molecule has 0 aromatic carbocycles. The minimum absolute atomic E-state index is 0.843. The Morgan fingerprint density at radius 1 is 1.60 bits per heavy atom. The van der Waals surface area contributed by atoms with Crippen molar-refractivity contribution in [2.24, 2.45) is 10.2 Å². The van der Waals surface area contributed by atoms with Gasteiger partial charge in [-0.1, -0.05) is 0 Å². The van der Waals surface area contributed by atoms with Crippen molar-refractivity contribution < 1.29 is 13.9 Å². The summed E-state index contributed by atoms with van der Waals surface area (Å²) in [5, 5.41) is 14.3.